The van der Waals surface area contributed by atoms with Gasteiger partial charge in [-0.25, -0.2) is 4.98 Å². The zero-order valence-electron chi connectivity index (χ0n) is 11.6. The number of hydrogen-bond donors (Lipinski definition) is 1. The molecule has 1 aromatic heterocycles. The number of thiocarbonyl (C=S) groups is 1. The van der Waals surface area contributed by atoms with Crippen LogP contribution in [0, 0.1) is 0 Å². The molecule has 1 N–H and O–H groups in total. The maximum atomic E-state index is 11.9. The van der Waals surface area contributed by atoms with E-state index in [4.69, 9.17) is 12.2 Å². The van der Waals surface area contributed by atoms with Crippen LogP contribution in [0.4, 0.5) is 5.69 Å². The van der Waals surface area contributed by atoms with Gasteiger partial charge in [-0.15, -0.1) is 0 Å². The van der Waals surface area contributed by atoms with Crippen molar-refractivity contribution in [3.63, 3.8) is 0 Å². The zero-order valence-corrected chi connectivity index (χ0v) is 13.2. The summed E-state index contributed by atoms with van der Waals surface area (Å²) in [6.07, 6.45) is 1.69. The Bertz CT molecular complexity index is 814. The highest BCUT2D eigenvalue weighted by Gasteiger charge is 2.09. The van der Waals surface area contributed by atoms with Gasteiger partial charge in [-0.3, -0.25) is 9.36 Å². The molecule has 0 saturated heterocycles. The van der Waals surface area contributed by atoms with Crippen molar-refractivity contribution in [3.05, 3.63) is 60.9 Å². The van der Waals surface area contributed by atoms with Gasteiger partial charge in [0.15, 0.2) is 0 Å². The molecule has 3 rings (SSSR count). The van der Waals surface area contributed by atoms with E-state index in [1.807, 2.05) is 59.2 Å². The minimum absolute atomic E-state index is 0.0806. The van der Waals surface area contributed by atoms with Crippen LogP contribution in [0.15, 0.2) is 60.9 Å². The van der Waals surface area contributed by atoms with Gasteiger partial charge in [0.2, 0.25) is 5.91 Å². The Morgan fingerprint density at radius 1 is 1.14 bits per heavy atom. The summed E-state index contributed by atoms with van der Waals surface area (Å²) in [5, 5.41) is 2.84. The van der Waals surface area contributed by atoms with Crippen LogP contribution in [0.25, 0.3) is 11.0 Å². The van der Waals surface area contributed by atoms with E-state index >= 15 is 0 Å². The van der Waals surface area contributed by atoms with Gasteiger partial charge in [0.05, 0.1) is 16.8 Å². The number of nitrogens with one attached hydrogen (secondary N) is 1. The molecule has 2 aromatic carbocycles. The predicted molar refractivity (Wildman–Crippen MR) is 95.3 cm³/mol. The van der Waals surface area contributed by atoms with Crippen LogP contribution in [0.3, 0.4) is 0 Å². The fraction of sp³-hybridized carbons (Fsp3) is 0.0625. The zero-order chi connectivity index (χ0) is 15.4. The summed E-state index contributed by atoms with van der Waals surface area (Å²) in [4.78, 5) is 16.2. The maximum Gasteiger partial charge on any atom is 0.234 e. The van der Waals surface area contributed by atoms with Crippen molar-refractivity contribution in [1.29, 1.82) is 0 Å². The van der Waals surface area contributed by atoms with Crippen LogP contribution >= 0.6 is 24.0 Å². The Morgan fingerprint density at radius 2 is 1.86 bits per heavy atom. The van der Waals surface area contributed by atoms with E-state index in [0.717, 1.165) is 16.7 Å². The van der Waals surface area contributed by atoms with Crippen LogP contribution in [0.2, 0.25) is 0 Å². The standard InChI is InChI=1S/C16H13N3OS2/c20-15(18-12-6-2-1-3-7-12)10-22-16(21)19-11-17-13-8-4-5-9-14(13)19/h1-9,11H,10H2,(H,18,20). The lowest BCUT2D eigenvalue weighted by Crippen LogP contribution is -2.16. The van der Waals surface area contributed by atoms with Crippen molar-refractivity contribution in [2.45, 2.75) is 0 Å². The lowest BCUT2D eigenvalue weighted by atomic mass is 10.3. The van der Waals surface area contributed by atoms with E-state index in [0.29, 0.717) is 4.32 Å². The summed E-state index contributed by atoms with van der Waals surface area (Å²) in [5.74, 6) is 0.184. The molecule has 1 amide bonds. The van der Waals surface area contributed by atoms with E-state index in [2.05, 4.69) is 10.3 Å². The number of benzene rings is 2. The second-order valence-electron chi connectivity index (χ2n) is 4.57. The van der Waals surface area contributed by atoms with Crippen molar-refractivity contribution in [2.24, 2.45) is 0 Å². The molecule has 6 heteroatoms. The number of hydrogen-bond acceptors (Lipinski definition) is 4. The maximum absolute atomic E-state index is 11.9. The normalized spacial score (nSPS) is 10.5. The number of para-hydroxylation sites is 3. The molecule has 110 valence electrons. The van der Waals surface area contributed by atoms with Gasteiger partial charge in [-0.1, -0.05) is 54.3 Å². The van der Waals surface area contributed by atoms with Crippen molar-refractivity contribution in [3.8, 4) is 0 Å². The van der Waals surface area contributed by atoms with Gasteiger partial charge in [0.25, 0.3) is 0 Å². The van der Waals surface area contributed by atoms with E-state index < -0.39 is 0 Å². The molecule has 0 atom stereocenters. The number of carbonyl (C=O) groups excluding carboxylic acids is 1. The predicted octanol–water partition coefficient (Wildman–Crippen LogP) is 3.54. The van der Waals surface area contributed by atoms with Crippen LogP contribution in [-0.4, -0.2) is 25.5 Å². The van der Waals surface area contributed by atoms with E-state index in [1.165, 1.54) is 11.8 Å². The van der Waals surface area contributed by atoms with Gasteiger partial charge < -0.3 is 5.32 Å². The molecule has 0 bridgehead atoms. The Balaban J connectivity index is 1.61. The SMILES string of the molecule is O=C(CSC(=S)n1cnc2ccccc21)Nc1ccccc1. The first-order valence-corrected chi connectivity index (χ1v) is 8.07. The van der Waals surface area contributed by atoms with E-state index in [9.17, 15) is 4.79 Å². The second kappa shape index (κ2) is 6.72. The smallest absolute Gasteiger partial charge is 0.234 e. The van der Waals surface area contributed by atoms with Gasteiger partial charge in [0, 0.05) is 5.69 Å². The molecule has 4 nitrogen and oxygen atoms in total. The fourth-order valence-electron chi connectivity index (χ4n) is 2.02. The van der Waals surface area contributed by atoms with Crippen molar-refractivity contribution in [2.75, 3.05) is 11.1 Å². The molecule has 0 aliphatic carbocycles. The van der Waals surface area contributed by atoms with Crippen molar-refractivity contribution < 1.29 is 4.79 Å². The van der Waals surface area contributed by atoms with Gasteiger partial charge >= 0.3 is 0 Å². The Morgan fingerprint density at radius 3 is 2.68 bits per heavy atom. The van der Waals surface area contributed by atoms with Crippen LogP contribution in [-0.2, 0) is 4.79 Å². The topological polar surface area (TPSA) is 46.9 Å². The average molecular weight is 327 g/mol. The molecule has 3 aromatic rings. The van der Waals surface area contributed by atoms with E-state index in [1.54, 1.807) is 6.33 Å². The monoisotopic (exact) mass is 327 g/mol. The summed E-state index contributed by atoms with van der Waals surface area (Å²) in [6, 6.07) is 17.1. The molecular formula is C16H13N3OS2. The number of aromatic nitrogens is 2. The van der Waals surface area contributed by atoms with Gasteiger partial charge in [-0.2, -0.15) is 0 Å². The van der Waals surface area contributed by atoms with Crippen molar-refractivity contribution in [1.82, 2.24) is 9.55 Å². The quantitative estimate of drug-likeness (QED) is 0.748. The molecule has 1 heterocycles. The Hall–Kier alpha value is -2.18. The van der Waals surface area contributed by atoms with Gasteiger partial charge in [-0.05, 0) is 24.3 Å². The number of amides is 1. The molecule has 0 unspecified atom stereocenters. The first-order valence-electron chi connectivity index (χ1n) is 6.68. The average Bonchev–Trinajstić information content (AvgIpc) is 2.98. The van der Waals surface area contributed by atoms with Gasteiger partial charge in [0.1, 0.15) is 10.6 Å². The van der Waals surface area contributed by atoms with E-state index in [-0.39, 0.29) is 11.7 Å². The minimum Gasteiger partial charge on any atom is -0.325 e. The third-order valence-corrected chi connectivity index (χ3v) is 4.43. The largest absolute Gasteiger partial charge is 0.325 e. The summed E-state index contributed by atoms with van der Waals surface area (Å²) >= 11 is 6.71. The second-order valence-corrected chi connectivity index (χ2v) is 6.18. The molecule has 0 fully saturated rings. The number of carbonyl (C=O) groups is 1. The highest BCUT2D eigenvalue weighted by atomic mass is 32.2. The molecule has 0 radical (unpaired) electrons. The lowest BCUT2D eigenvalue weighted by Gasteiger charge is -2.07. The lowest BCUT2D eigenvalue weighted by molar-refractivity contribution is -0.113. The minimum atomic E-state index is -0.0806. The highest BCUT2D eigenvalue weighted by molar-refractivity contribution is 8.23. The molecule has 0 aliphatic heterocycles. The molecule has 0 saturated carbocycles. The Labute approximate surface area is 137 Å². The summed E-state index contributed by atoms with van der Waals surface area (Å²) < 4.78 is 2.43. The number of imidazole rings is 1. The fourth-order valence-corrected chi connectivity index (χ4v) is 2.95. The molecular weight excluding hydrogens is 314 g/mol. The number of thioether (sulfide) groups is 1. The third-order valence-electron chi connectivity index (χ3n) is 3.03. The van der Waals surface area contributed by atoms with Crippen LogP contribution in [0.1, 0.15) is 0 Å². The Kier molecular flexibility index (Phi) is 4.50. The highest BCUT2D eigenvalue weighted by Crippen LogP contribution is 2.17. The molecule has 0 spiro atoms. The number of fused-ring (bicyclic) bond motifs is 1. The third kappa shape index (κ3) is 3.35. The number of nitrogens with zero attached hydrogens (tertiary/aromatic N) is 2. The first-order chi connectivity index (χ1) is 10.7. The van der Waals surface area contributed by atoms with Crippen molar-refractivity contribution >= 4 is 50.9 Å². The molecule has 22 heavy (non-hydrogen) atoms. The summed E-state index contributed by atoms with van der Waals surface area (Å²) in [5.41, 5.74) is 2.62. The summed E-state index contributed by atoms with van der Waals surface area (Å²) in [7, 11) is 0. The van der Waals surface area contributed by atoms with Crippen LogP contribution in [0.5, 0.6) is 0 Å². The number of rotatable bonds is 3. The number of anilines is 1. The molecule has 0 aliphatic rings. The first kappa shape index (κ1) is 14.7. The van der Waals surface area contributed by atoms with Crippen LogP contribution < -0.4 is 5.32 Å². The summed E-state index contributed by atoms with van der Waals surface area (Å²) in [6.45, 7) is 0.